The third kappa shape index (κ3) is 2.81. The van der Waals surface area contributed by atoms with Gasteiger partial charge in [0.1, 0.15) is 12.1 Å². The zero-order valence-corrected chi connectivity index (χ0v) is 8.51. The third-order valence-corrected chi connectivity index (χ3v) is 2.31. The van der Waals surface area contributed by atoms with E-state index in [0.717, 1.165) is 12.1 Å². The largest absolute Gasteiger partial charge is 0.416 e. The fraction of sp³-hybridized carbons (Fsp3) is 0.364. The molecular weight excluding hydrogens is 224 g/mol. The maximum atomic E-state index is 13.3. The Kier molecular flexibility index (Phi) is 3.67. The molecule has 0 aliphatic carbocycles. The highest BCUT2D eigenvalue weighted by molar-refractivity contribution is 5.51. The first-order valence-corrected chi connectivity index (χ1v) is 4.66. The minimum Gasteiger partial charge on any atom is -0.303 e. The van der Waals surface area contributed by atoms with Gasteiger partial charge in [0.15, 0.2) is 0 Å². The highest BCUT2D eigenvalue weighted by atomic mass is 19.4. The molecule has 0 aliphatic heterocycles. The minimum absolute atomic E-state index is 0.0856. The lowest BCUT2D eigenvalue weighted by Gasteiger charge is -2.12. The smallest absolute Gasteiger partial charge is 0.303 e. The van der Waals surface area contributed by atoms with Crippen LogP contribution in [0.2, 0.25) is 0 Å². The van der Waals surface area contributed by atoms with Crippen molar-refractivity contribution in [1.29, 1.82) is 0 Å². The van der Waals surface area contributed by atoms with Gasteiger partial charge in [0, 0.05) is 6.42 Å². The first kappa shape index (κ1) is 12.7. The van der Waals surface area contributed by atoms with Gasteiger partial charge in [-0.25, -0.2) is 4.39 Å². The van der Waals surface area contributed by atoms with Crippen LogP contribution < -0.4 is 0 Å². The summed E-state index contributed by atoms with van der Waals surface area (Å²) in [4.78, 5) is 10.2. The van der Waals surface area contributed by atoms with Crippen molar-refractivity contribution in [3.05, 3.63) is 35.1 Å². The molecule has 0 fully saturated rings. The predicted octanol–water partition coefficient (Wildman–Crippen LogP) is 3.54. The average Bonchev–Trinajstić information content (AvgIpc) is 2.16. The summed E-state index contributed by atoms with van der Waals surface area (Å²) in [6.07, 6.45) is -3.85. The fourth-order valence-electron chi connectivity index (χ4n) is 1.37. The standard InChI is InChI=1S/C11H10F4O/c1-7(4-5-16)9-3-2-8(6-10(9)12)11(13,14)15/h2-3,5-7H,4H2,1H3. The van der Waals surface area contributed by atoms with Crippen molar-refractivity contribution in [2.75, 3.05) is 0 Å². The van der Waals surface area contributed by atoms with Gasteiger partial charge in [-0.2, -0.15) is 13.2 Å². The molecule has 0 saturated heterocycles. The average molecular weight is 234 g/mol. The molecule has 1 nitrogen and oxygen atoms in total. The molecule has 0 aromatic heterocycles. The lowest BCUT2D eigenvalue weighted by molar-refractivity contribution is -0.137. The van der Waals surface area contributed by atoms with Gasteiger partial charge < -0.3 is 4.79 Å². The van der Waals surface area contributed by atoms with Gasteiger partial charge in [-0.3, -0.25) is 0 Å². The Morgan fingerprint density at radius 3 is 2.44 bits per heavy atom. The van der Waals surface area contributed by atoms with E-state index in [2.05, 4.69) is 0 Å². The summed E-state index contributed by atoms with van der Waals surface area (Å²) in [5.41, 5.74) is -0.896. The second kappa shape index (κ2) is 4.63. The molecule has 0 saturated carbocycles. The van der Waals surface area contributed by atoms with E-state index in [1.165, 1.54) is 0 Å². The summed E-state index contributed by atoms with van der Waals surface area (Å²) in [7, 11) is 0. The summed E-state index contributed by atoms with van der Waals surface area (Å²) in [5.74, 6) is -1.34. The number of rotatable bonds is 3. The Bertz CT molecular complexity index is 384. The number of carbonyl (C=O) groups is 1. The molecule has 0 N–H and O–H groups in total. The second-order valence-corrected chi connectivity index (χ2v) is 3.54. The van der Waals surface area contributed by atoms with Crippen LogP contribution in [0.15, 0.2) is 18.2 Å². The summed E-state index contributed by atoms with van der Waals surface area (Å²) >= 11 is 0. The molecule has 0 aliphatic rings. The molecule has 1 unspecified atom stereocenters. The number of aldehydes is 1. The van der Waals surface area contributed by atoms with Crippen molar-refractivity contribution in [1.82, 2.24) is 0 Å². The van der Waals surface area contributed by atoms with E-state index in [-0.39, 0.29) is 12.0 Å². The number of hydrogen-bond acceptors (Lipinski definition) is 1. The maximum absolute atomic E-state index is 13.3. The van der Waals surface area contributed by atoms with Crippen molar-refractivity contribution >= 4 is 6.29 Å². The Hall–Kier alpha value is -1.39. The molecule has 1 aromatic rings. The van der Waals surface area contributed by atoms with Crippen LogP contribution in [0.4, 0.5) is 17.6 Å². The Labute approximate surface area is 90.1 Å². The van der Waals surface area contributed by atoms with Crippen LogP contribution in [0.25, 0.3) is 0 Å². The summed E-state index contributed by atoms with van der Waals surface area (Å²) in [5, 5.41) is 0. The van der Waals surface area contributed by atoms with E-state index in [1.807, 2.05) is 0 Å². The molecule has 0 spiro atoms. The van der Waals surface area contributed by atoms with Crippen LogP contribution in [0, 0.1) is 5.82 Å². The van der Waals surface area contributed by atoms with Crippen LogP contribution >= 0.6 is 0 Å². The molecule has 1 atom stereocenters. The minimum atomic E-state index is -4.55. The molecular formula is C11H10F4O. The normalized spacial score (nSPS) is 13.6. The highest BCUT2D eigenvalue weighted by Crippen LogP contribution is 2.32. The van der Waals surface area contributed by atoms with Gasteiger partial charge in [-0.1, -0.05) is 13.0 Å². The zero-order valence-electron chi connectivity index (χ0n) is 8.51. The molecule has 0 radical (unpaired) electrons. The van der Waals surface area contributed by atoms with E-state index in [9.17, 15) is 22.4 Å². The van der Waals surface area contributed by atoms with E-state index >= 15 is 0 Å². The number of carbonyl (C=O) groups excluding carboxylic acids is 1. The summed E-state index contributed by atoms with van der Waals surface area (Å²) in [6, 6.07) is 2.35. The quantitative estimate of drug-likeness (QED) is 0.577. The van der Waals surface area contributed by atoms with Crippen LogP contribution in [-0.2, 0) is 11.0 Å². The van der Waals surface area contributed by atoms with Gasteiger partial charge in [-0.15, -0.1) is 0 Å². The van der Waals surface area contributed by atoms with E-state index in [4.69, 9.17) is 0 Å². The van der Waals surface area contributed by atoms with Crippen LogP contribution in [0.1, 0.15) is 30.4 Å². The molecule has 16 heavy (non-hydrogen) atoms. The van der Waals surface area contributed by atoms with Crippen LogP contribution in [0.3, 0.4) is 0 Å². The molecule has 1 rings (SSSR count). The van der Waals surface area contributed by atoms with Crippen molar-refractivity contribution in [3.8, 4) is 0 Å². The zero-order chi connectivity index (χ0) is 12.3. The lowest BCUT2D eigenvalue weighted by Crippen LogP contribution is -2.07. The van der Waals surface area contributed by atoms with Gasteiger partial charge in [0.2, 0.25) is 0 Å². The topological polar surface area (TPSA) is 17.1 Å². The fourth-order valence-corrected chi connectivity index (χ4v) is 1.37. The highest BCUT2D eigenvalue weighted by Gasteiger charge is 2.31. The van der Waals surface area contributed by atoms with Crippen LogP contribution in [0.5, 0.6) is 0 Å². The molecule has 88 valence electrons. The third-order valence-electron chi connectivity index (χ3n) is 2.31. The number of alkyl halides is 3. The monoisotopic (exact) mass is 234 g/mol. The van der Waals surface area contributed by atoms with Gasteiger partial charge in [0.25, 0.3) is 0 Å². The Morgan fingerprint density at radius 1 is 1.38 bits per heavy atom. The second-order valence-electron chi connectivity index (χ2n) is 3.54. The molecule has 0 amide bonds. The van der Waals surface area contributed by atoms with E-state index in [1.54, 1.807) is 6.92 Å². The van der Waals surface area contributed by atoms with E-state index in [0.29, 0.717) is 12.4 Å². The number of benzene rings is 1. The number of hydrogen-bond donors (Lipinski definition) is 0. The van der Waals surface area contributed by atoms with E-state index < -0.39 is 23.5 Å². The Morgan fingerprint density at radius 2 is 2.00 bits per heavy atom. The van der Waals surface area contributed by atoms with Crippen molar-refractivity contribution in [2.45, 2.75) is 25.4 Å². The van der Waals surface area contributed by atoms with Crippen LogP contribution in [-0.4, -0.2) is 6.29 Å². The van der Waals surface area contributed by atoms with Gasteiger partial charge >= 0.3 is 6.18 Å². The predicted molar refractivity (Wildman–Crippen MR) is 50.5 cm³/mol. The van der Waals surface area contributed by atoms with Crippen molar-refractivity contribution in [2.24, 2.45) is 0 Å². The van der Waals surface area contributed by atoms with Crippen molar-refractivity contribution < 1.29 is 22.4 Å². The lowest BCUT2D eigenvalue weighted by atomic mass is 9.96. The maximum Gasteiger partial charge on any atom is 0.416 e. The molecule has 0 heterocycles. The first-order chi connectivity index (χ1) is 7.36. The Balaban J connectivity index is 3.05. The van der Waals surface area contributed by atoms with Gasteiger partial charge in [-0.05, 0) is 23.6 Å². The number of halogens is 4. The van der Waals surface area contributed by atoms with Crippen molar-refractivity contribution in [3.63, 3.8) is 0 Å². The molecule has 1 aromatic carbocycles. The van der Waals surface area contributed by atoms with Gasteiger partial charge in [0.05, 0.1) is 5.56 Å². The SMILES string of the molecule is CC(CC=O)c1ccc(C(F)(F)F)cc1F. The summed E-state index contributed by atoms with van der Waals surface area (Å²) in [6.45, 7) is 1.58. The molecule has 0 bridgehead atoms. The summed E-state index contributed by atoms with van der Waals surface area (Å²) < 4.78 is 50.0. The molecule has 5 heteroatoms. The first-order valence-electron chi connectivity index (χ1n) is 4.66.